The van der Waals surface area contributed by atoms with Crippen LogP contribution in [0.2, 0.25) is 0 Å². The van der Waals surface area contributed by atoms with Gasteiger partial charge in [-0.2, -0.15) is 0 Å². The van der Waals surface area contributed by atoms with Gasteiger partial charge in [-0.15, -0.1) is 21.8 Å². The maximum atomic E-state index is 12.7. The first kappa shape index (κ1) is 26.2. The second-order valence-electron chi connectivity index (χ2n) is 8.95. The molecule has 1 atom stereocenters. The van der Waals surface area contributed by atoms with Gasteiger partial charge in [-0.25, -0.2) is 0 Å². The van der Waals surface area contributed by atoms with Crippen molar-refractivity contribution in [2.24, 2.45) is 0 Å². The smallest absolute Gasteiger partial charge is 0.237 e. The highest BCUT2D eigenvalue weighted by molar-refractivity contribution is 7.99. The van der Waals surface area contributed by atoms with Crippen molar-refractivity contribution in [2.45, 2.75) is 43.8 Å². The van der Waals surface area contributed by atoms with Crippen LogP contribution in [-0.2, 0) is 16.0 Å². The Balaban J connectivity index is 1.29. The third kappa shape index (κ3) is 6.68. The van der Waals surface area contributed by atoms with Crippen LogP contribution < -0.4 is 0 Å². The lowest BCUT2D eigenvalue weighted by atomic mass is 10.1. The maximum absolute atomic E-state index is 12.7. The summed E-state index contributed by atoms with van der Waals surface area (Å²) >= 11 is 7.37. The number of carbonyl (C=O) groups excluding carboxylic acids is 2. The Bertz CT molecular complexity index is 1140. The molecule has 9 heteroatoms. The van der Waals surface area contributed by atoms with Crippen LogP contribution in [0.4, 0.5) is 0 Å². The van der Waals surface area contributed by atoms with Gasteiger partial charge in [0.05, 0.1) is 0 Å². The van der Waals surface area contributed by atoms with Gasteiger partial charge in [0.1, 0.15) is 11.7 Å². The summed E-state index contributed by atoms with van der Waals surface area (Å²) in [6.07, 6.45) is 2.95. The first-order valence-corrected chi connectivity index (χ1v) is 13.9. The second-order valence-corrected chi connectivity index (χ2v) is 10.3. The molecule has 0 saturated carbocycles. The number of rotatable bonds is 10. The van der Waals surface area contributed by atoms with E-state index in [1.165, 1.54) is 5.56 Å². The minimum Gasteiger partial charge on any atom is -0.339 e. The van der Waals surface area contributed by atoms with Gasteiger partial charge in [0.25, 0.3) is 0 Å². The molecule has 2 amide bonds. The van der Waals surface area contributed by atoms with Crippen LogP contribution in [0.3, 0.4) is 0 Å². The summed E-state index contributed by atoms with van der Waals surface area (Å²) in [6, 6.07) is 20.5. The fourth-order valence-corrected chi connectivity index (χ4v) is 5.58. The van der Waals surface area contributed by atoms with Crippen LogP contribution in [0.1, 0.15) is 37.6 Å². The first-order valence-electron chi connectivity index (χ1n) is 12.4. The van der Waals surface area contributed by atoms with Crippen molar-refractivity contribution < 1.29 is 9.59 Å². The van der Waals surface area contributed by atoms with E-state index >= 15 is 0 Å². The fourth-order valence-electron chi connectivity index (χ4n) is 4.45. The molecule has 0 N–H and O–H groups in total. The lowest BCUT2D eigenvalue weighted by molar-refractivity contribution is -0.141. The van der Waals surface area contributed by atoms with Crippen LogP contribution >= 0.6 is 23.4 Å². The van der Waals surface area contributed by atoms with E-state index in [1.54, 1.807) is 16.7 Å². The molecule has 1 aromatic heterocycles. The van der Waals surface area contributed by atoms with Gasteiger partial charge in [-0.05, 0) is 37.5 Å². The van der Waals surface area contributed by atoms with E-state index in [0.29, 0.717) is 32.5 Å². The van der Waals surface area contributed by atoms with Crippen LogP contribution in [0.25, 0.3) is 5.69 Å². The lowest BCUT2D eigenvalue weighted by Crippen LogP contribution is -2.55. The number of benzene rings is 2. The second kappa shape index (κ2) is 12.9. The van der Waals surface area contributed by atoms with Gasteiger partial charge in [-0.1, -0.05) is 60.3 Å². The monoisotopic (exact) mass is 525 g/mol. The van der Waals surface area contributed by atoms with E-state index in [9.17, 15) is 9.59 Å². The molecule has 36 heavy (non-hydrogen) atoms. The number of carbonyl (C=O) groups is 2. The highest BCUT2D eigenvalue weighted by atomic mass is 35.5. The topological polar surface area (TPSA) is 71.3 Å². The summed E-state index contributed by atoms with van der Waals surface area (Å²) in [7, 11) is 0. The lowest BCUT2D eigenvalue weighted by Gasteiger charge is -2.39. The van der Waals surface area contributed by atoms with E-state index < -0.39 is 0 Å². The third-order valence-electron chi connectivity index (χ3n) is 6.35. The Morgan fingerprint density at radius 2 is 1.69 bits per heavy atom. The zero-order valence-corrected chi connectivity index (χ0v) is 22.1. The molecule has 1 aliphatic rings. The molecular weight excluding hydrogens is 494 g/mol. The van der Waals surface area contributed by atoms with Crippen LogP contribution in [-0.4, -0.2) is 73.7 Å². The van der Waals surface area contributed by atoms with Crippen molar-refractivity contribution in [1.29, 1.82) is 0 Å². The Labute approximate surface area is 221 Å². The van der Waals surface area contributed by atoms with Crippen LogP contribution in [0.15, 0.2) is 65.8 Å². The average Bonchev–Trinajstić information content (AvgIpc) is 3.31. The molecule has 0 unspecified atom stereocenters. The molecule has 4 rings (SSSR count). The summed E-state index contributed by atoms with van der Waals surface area (Å²) in [6.45, 7) is 3.66. The number of halogens is 1. The Morgan fingerprint density at radius 3 is 2.39 bits per heavy atom. The van der Waals surface area contributed by atoms with Gasteiger partial charge in [0.15, 0.2) is 5.16 Å². The normalized spacial score (nSPS) is 15.8. The number of unbranched alkanes of at least 4 members (excludes halogenated alkanes) is 1. The number of amides is 2. The zero-order chi connectivity index (χ0) is 25.3. The molecular formula is C27H32ClN5O2S. The van der Waals surface area contributed by atoms with Crippen molar-refractivity contribution >= 4 is 35.2 Å². The van der Waals surface area contributed by atoms with Crippen molar-refractivity contribution in [1.82, 2.24) is 24.6 Å². The van der Waals surface area contributed by atoms with Crippen LogP contribution in [0.5, 0.6) is 0 Å². The molecule has 1 aliphatic heterocycles. The quantitative estimate of drug-likeness (QED) is 0.223. The number of para-hydroxylation sites is 1. The number of hydrogen-bond donors (Lipinski definition) is 0. The van der Waals surface area contributed by atoms with E-state index in [0.717, 1.165) is 35.3 Å². The average molecular weight is 526 g/mol. The fraction of sp³-hybridized carbons (Fsp3) is 0.407. The predicted octanol–water partition coefficient (Wildman–Crippen LogP) is 4.42. The van der Waals surface area contributed by atoms with Gasteiger partial charge in [-0.3, -0.25) is 14.2 Å². The molecule has 1 saturated heterocycles. The van der Waals surface area contributed by atoms with Crippen molar-refractivity contribution in [3.8, 4) is 5.69 Å². The number of aromatic nitrogens is 3. The third-order valence-corrected chi connectivity index (χ3v) is 7.59. The summed E-state index contributed by atoms with van der Waals surface area (Å²) in [5.41, 5.74) is 2.24. The van der Waals surface area contributed by atoms with Crippen molar-refractivity contribution in [2.75, 3.05) is 31.3 Å². The van der Waals surface area contributed by atoms with Gasteiger partial charge in [0.2, 0.25) is 11.8 Å². The standard InChI is InChI=1S/C27H32ClN5O2S/c1-21-20-31(15-16-32(21)26(35)19-28)25(34)14-8-9-17-36-27-30-29-24(18-22-10-4-2-5-11-22)33(27)23-12-6-3-7-13-23/h2-7,10-13,21H,8-9,14-20H2,1H3/t21-/m0/s1. The summed E-state index contributed by atoms with van der Waals surface area (Å²) in [5.74, 6) is 1.84. The molecule has 0 radical (unpaired) electrons. The minimum absolute atomic E-state index is 0.000986. The predicted molar refractivity (Wildman–Crippen MR) is 144 cm³/mol. The molecule has 0 bridgehead atoms. The zero-order valence-electron chi connectivity index (χ0n) is 20.6. The number of nitrogens with zero attached hydrogens (tertiary/aromatic N) is 5. The molecule has 2 aromatic carbocycles. The van der Waals surface area contributed by atoms with Crippen molar-refractivity contribution in [3.05, 3.63) is 72.1 Å². The number of piperazine rings is 1. The van der Waals surface area contributed by atoms with Crippen LogP contribution in [0, 0.1) is 0 Å². The highest BCUT2D eigenvalue weighted by Crippen LogP contribution is 2.24. The minimum atomic E-state index is -0.0661. The number of thioether (sulfide) groups is 1. The summed E-state index contributed by atoms with van der Waals surface area (Å²) in [4.78, 5) is 28.2. The largest absolute Gasteiger partial charge is 0.339 e. The van der Waals surface area contributed by atoms with Crippen molar-refractivity contribution in [3.63, 3.8) is 0 Å². The molecule has 1 fully saturated rings. The highest BCUT2D eigenvalue weighted by Gasteiger charge is 2.28. The maximum Gasteiger partial charge on any atom is 0.237 e. The van der Waals surface area contributed by atoms with E-state index in [4.69, 9.17) is 11.6 Å². The van der Waals surface area contributed by atoms with Gasteiger partial charge < -0.3 is 9.80 Å². The van der Waals surface area contributed by atoms with Gasteiger partial charge >= 0.3 is 0 Å². The molecule has 190 valence electrons. The summed E-state index contributed by atoms with van der Waals surface area (Å²) < 4.78 is 2.13. The molecule has 0 aliphatic carbocycles. The molecule has 7 nitrogen and oxygen atoms in total. The molecule has 2 heterocycles. The SMILES string of the molecule is C[C@H]1CN(C(=O)CCCCSc2nnc(Cc3ccccc3)n2-c2ccccc2)CCN1C(=O)CCl. The Morgan fingerprint density at radius 1 is 0.972 bits per heavy atom. The van der Waals surface area contributed by atoms with E-state index in [2.05, 4.69) is 39.0 Å². The Hall–Kier alpha value is -2.84. The Kier molecular flexibility index (Phi) is 9.41. The molecule has 3 aromatic rings. The number of hydrogen-bond acceptors (Lipinski definition) is 5. The van der Waals surface area contributed by atoms with E-state index in [-0.39, 0.29) is 23.7 Å². The molecule has 0 spiro atoms. The first-order chi connectivity index (χ1) is 17.6. The number of alkyl halides is 1. The summed E-state index contributed by atoms with van der Waals surface area (Å²) in [5, 5.41) is 9.86. The van der Waals surface area contributed by atoms with Gasteiger partial charge in [0, 0.05) is 50.0 Å². The van der Waals surface area contributed by atoms with E-state index in [1.807, 2.05) is 48.2 Å².